The second-order valence-corrected chi connectivity index (χ2v) is 6.61. The monoisotopic (exact) mass is 272 g/mol. The van der Waals surface area contributed by atoms with Crippen molar-refractivity contribution in [2.24, 2.45) is 11.8 Å². The van der Waals surface area contributed by atoms with E-state index in [0.29, 0.717) is 11.8 Å². The first-order valence-electron chi connectivity index (χ1n) is 7.63. The van der Waals surface area contributed by atoms with Crippen LogP contribution in [-0.2, 0) is 11.3 Å². The first-order chi connectivity index (χ1) is 9.58. The molecule has 1 saturated carbocycles. The van der Waals surface area contributed by atoms with E-state index in [-0.39, 0.29) is 11.4 Å². The minimum atomic E-state index is 0.0129. The number of hydrogen-bond donors (Lipinski definition) is 1. The van der Waals surface area contributed by atoms with Gasteiger partial charge in [-0.3, -0.25) is 9.69 Å². The lowest BCUT2D eigenvalue weighted by atomic mass is 9.78. The minimum absolute atomic E-state index is 0.0129. The number of fused-ring (bicyclic) bond motifs is 2. The van der Waals surface area contributed by atoms with Gasteiger partial charge in [-0.05, 0) is 37.2 Å². The summed E-state index contributed by atoms with van der Waals surface area (Å²) >= 11 is 0. The first-order valence-corrected chi connectivity index (χ1v) is 7.63. The van der Waals surface area contributed by atoms with Crippen molar-refractivity contribution in [1.82, 2.24) is 10.2 Å². The molecular weight excluding hydrogens is 248 g/mol. The predicted molar refractivity (Wildman–Crippen MR) is 80.2 cm³/mol. The Morgan fingerprint density at radius 3 is 2.40 bits per heavy atom. The van der Waals surface area contributed by atoms with Crippen LogP contribution in [0.15, 0.2) is 30.3 Å². The molecule has 108 valence electrons. The number of benzene rings is 1. The number of piperidine rings is 1. The maximum Gasteiger partial charge on any atom is 0.217 e. The van der Waals surface area contributed by atoms with Crippen molar-refractivity contribution in [3.05, 3.63) is 35.9 Å². The third-order valence-electron chi connectivity index (χ3n) is 5.21. The van der Waals surface area contributed by atoms with Gasteiger partial charge in [0.2, 0.25) is 5.91 Å². The summed E-state index contributed by atoms with van der Waals surface area (Å²) in [6.45, 7) is 7.12. The number of likely N-dealkylation sites (tertiary alicyclic amines) is 1. The molecule has 0 aromatic heterocycles. The van der Waals surface area contributed by atoms with Gasteiger partial charge in [-0.15, -0.1) is 0 Å². The third kappa shape index (κ3) is 2.47. The molecule has 1 heterocycles. The van der Waals surface area contributed by atoms with E-state index in [0.717, 1.165) is 19.6 Å². The van der Waals surface area contributed by atoms with E-state index in [1.165, 1.54) is 18.4 Å². The molecule has 1 aliphatic carbocycles. The molecule has 1 amide bonds. The van der Waals surface area contributed by atoms with E-state index < -0.39 is 0 Å². The molecule has 1 aromatic carbocycles. The molecule has 3 atom stereocenters. The number of rotatable bonds is 3. The lowest BCUT2D eigenvalue weighted by molar-refractivity contribution is -0.122. The van der Waals surface area contributed by atoms with E-state index in [4.69, 9.17) is 0 Å². The molecule has 1 unspecified atom stereocenters. The van der Waals surface area contributed by atoms with E-state index in [9.17, 15) is 4.79 Å². The smallest absolute Gasteiger partial charge is 0.217 e. The Morgan fingerprint density at radius 2 is 1.85 bits per heavy atom. The van der Waals surface area contributed by atoms with Crippen molar-refractivity contribution in [2.75, 3.05) is 13.1 Å². The fraction of sp³-hybridized carbons (Fsp3) is 0.588. The van der Waals surface area contributed by atoms with E-state index in [2.05, 4.69) is 47.5 Å². The molecule has 0 spiro atoms. The fourth-order valence-electron chi connectivity index (χ4n) is 4.15. The van der Waals surface area contributed by atoms with Gasteiger partial charge in [0.15, 0.2) is 0 Å². The number of carbonyl (C=O) groups excluding carboxylic acids is 1. The van der Waals surface area contributed by atoms with Gasteiger partial charge in [-0.1, -0.05) is 30.3 Å². The van der Waals surface area contributed by atoms with Gasteiger partial charge in [0.05, 0.1) is 0 Å². The van der Waals surface area contributed by atoms with Crippen LogP contribution in [0.25, 0.3) is 0 Å². The number of carbonyl (C=O) groups is 1. The van der Waals surface area contributed by atoms with Gasteiger partial charge < -0.3 is 5.32 Å². The molecule has 3 nitrogen and oxygen atoms in total. The van der Waals surface area contributed by atoms with Gasteiger partial charge in [0.25, 0.3) is 0 Å². The zero-order valence-electron chi connectivity index (χ0n) is 12.4. The summed E-state index contributed by atoms with van der Waals surface area (Å²) in [5, 5.41) is 3.24. The summed E-state index contributed by atoms with van der Waals surface area (Å²) in [7, 11) is 0. The number of amides is 1. The fourth-order valence-corrected chi connectivity index (χ4v) is 4.15. The Balaban J connectivity index is 1.69. The van der Waals surface area contributed by atoms with Gasteiger partial charge in [-0.2, -0.15) is 0 Å². The molecule has 2 fully saturated rings. The maximum absolute atomic E-state index is 11.5. The SMILES string of the molecule is CC(=O)NC1(C)[C@@H]2CC[C@H]1CN(Cc1ccccc1)C2. The second-order valence-electron chi connectivity index (χ2n) is 6.61. The quantitative estimate of drug-likeness (QED) is 0.916. The van der Waals surface area contributed by atoms with Crippen LogP contribution < -0.4 is 5.32 Å². The van der Waals surface area contributed by atoms with E-state index in [1.54, 1.807) is 6.92 Å². The standard InChI is InChI=1S/C17H24N2O/c1-13(20)18-17(2)15-8-9-16(17)12-19(11-15)10-14-6-4-3-5-7-14/h3-7,15-16H,8-12H2,1-2H3,(H,18,20)/t15-,16+,17?. The predicted octanol–water partition coefficient (Wildman–Crippen LogP) is 2.42. The van der Waals surface area contributed by atoms with Crippen LogP contribution in [0, 0.1) is 11.8 Å². The average molecular weight is 272 g/mol. The van der Waals surface area contributed by atoms with Crippen molar-refractivity contribution in [3.8, 4) is 0 Å². The molecule has 1 saturated heterocycles. The van der Waals surface area contributed by atoms with Crippen molar-refractivity contribution >= 4 is 5.91 Å². The normalized spacial score (nSPS) is 33.1. The summed E-state index contributed by atoms with van der Waals surface area (Å²) < 4.78 is 0. The van der Waals surface area contributed by atoms with Crippen LogP contribution in [0.4, 0.5) is 0 Å². The maximum atomic E-state index is 11.5. The summed E-state index contributed by atoms with van der Waals surface area (Å²) in [6.07, 6.45) is 2.49. The Hall–Kier alpha value is -1.35. The highest BCUT2D eigenvalue weighted by Gasteiger charge is 2.51. The highest BCUT2D eigenvalue weighted by atomic mass is 16.1. The highest BCUT2D eigenvalue weighted by molar-refractivity contribution is 5.74. The molecule has 2 aliphatic rings. The Labute approximate surface area is 121 Å². The zero-order valence-corrected chi connectivity index (χ0v) is 12.4. The van der Waals surface area contributed by atoms with Crippen molar-refractivity contribution < 1.29 is 4.79 Å². The van der Waals surface area contributed by atoms with Gasteiger partial charge >= 0.3 is 0 Å². The molecule has 3 heteroatoms. The summed E-state index contributed by atoms with van der Waals surface area (Å²) in [5.41, 5.74) is 1.40. The van der Waals surface area contributed by atoms with Gasteiger partial charge in [0.1, 0.15) is 0 Å². The van der Waals surface area contributed by atoms with Gasteiger partial charge in [0, 0.05) is 32.1 Å². The summed E-state index contributed by atoms with van der Waals surface area (Å²) in [5.74, 6) is 1.30. The molecule has 1 N–H and O–H groups in total. The Bertz CT molecular complexity index is 471. The molecule has 0 radical (unpaired) electrons. The van der Waals surface area contributed by atoms with Crippen LogP contribution in [-0.4, -0.2) is 29.4 Å². The van der Waals surface area contributed by atoms with Crippen LogP contribution in [0.3, 0.4) is 0 Å². The first kappa shape index (κ1) is 13.6. The molecule has 20 heavy (non-hydrogen) atoms. The van der Waals surface area contributed by atoms with Crippen LogP contribution in [0.5, 0.6) is 0 Å². The molecular formula is C17H24N2O. The minimum Gasteiger partial charge on any atom is -0.351 e. The largest absolute Gasteiger partial charge is 0.351 e. The lowest BCUT2D eigenvalue weighted by Crippen LogP contribution is -2.60. The number of nitrogens with zero attached hydrogens (tertiary/aromatic N) is 1. The summed E-state index contributed by atoms with van der Waals surface area (Å²) in [6, 6.07) is 10.7. The third-order valence-corrected chi connectivity index (χ3v) is 5.21. The lowest BCUT2D eigenvalue weighted by Gasteiger charge is -2.46. The molecule has 1 aromatic rings. The molecule has 2 bridgehead atoms. The van der Waals surface area contributed by atoms with Crippen molar-refractivity contribution in [2.45, 2.75) is 38.8 Å². The Kier molecular flexibility index (Phi) is 3.55. The zero-order chi connectivity index (χ0) is 14.2. The second kappa shape index (κ2) is 5.21. The van der Waals surface area contributed by atoms with Crippen molar-refractivity contribution in [3.63, 3.8) is 0 Å². The Morgan fingerprint density at radius 1 is 1.25 bits per heavy atom. The number of hydrogen-bond acceptors (Lipinski definition) is 2. The van der Waals surface area contributed by atoms with Crippen LogP contribution in [0.1, 0.15) is 32.3 Å². The number of nitrogens with one attached hydrogen (secondary N) is 1. The van der Waals surface area contributed by atoms with E-state index in [1.807, 2.05) is 0 Å². The van der Waals surface area contributed by atoms with Crippen molar-refractivity contribution in [1.29, 1.82) is 0 Å². The highest BCUT2D eigenvalue weighted by Crippen LogP contribution is 2.45. The van der Waals surface area contributed by atoms with Crippen LogP contribution >= 0.6 is 0 Å². The van der Waals surface area contributed by atoms with E-state index >= 15 is 0 Å². The van der Waals surface area contributed by atoms with Gasteiger partial charge in [-0.25, -0.2) is 0 Å². The average Bonchev–Trinajstić information content (AvgIpc) is 2.60. The molecule has 1 aliphatic heterocycles. The van der Waals surface area contributed by atoms with Crippen LogP contribution in [0.2, 0.25) is 0 Å². The molecule has 3 rings (SSSR count). The summed E-state index contributed by atoms with van der Waals surface area (Å²) in [4.78, 5) is 14.0. The topological polar surface area (TPSA) is 32.3 Å².